The van der Waals surface area contributed by atoms with Gasteiger partial charge in [0.15, 0.2) is 6.61 Å². The van der Waals surface area contributed by atoms with Gasteiger partial charge in [0.05, 0.1) is 12.6 Å². The summed E-state index contributed by atoms with van der Waals surface area (Å²) >= 11 is 0. The molecule has 0 bridgehead atoms. The van der Waals surface area contributed by atoms with E-state index in [1.165, 1.54) is 0 Å². The van der Waals surface area contributed by atoms with Gasteiger partial charge >= 0.3 is 0 Å². The van der Waals surface area contributed by atoms with Crippen LogP contribution >= 0.6 is 0 Å². The zero-order valence-electron chi connectivity index (χ0n) is 10.6. The fourth-order valence-corrected chi connectivity index (χ4v) is 1.42. The number of benzene rings is 1. The van der Waals surface area contributed by atoms with Gasteiger partial charge in [-0.3, -0.25) is 4.79 Å². The average molecular weight is 252 g/mol. The number of aliphatic hydroxyl groups is 1. The molecule has 18 heavy (non-hydrogen) atoms. The minimum absolute atomic E-state index is 0.0571. The van der Waals surface area contributed by atoms with Crippen molar-refractivity contribution >= 4 is 5.91 Å². The van der Waals surface area contributed by atoms with Crippen LogP contribution in [0.3, 0.4) is 0 Å². The number of aliphatic hydroxyl groups excluding tert-OH is 1. The Bertz CT molecular complexity index is 361. The van der Waals surface area contributed by atoms with Crippen LogP contribution in [0.4, 0.5) is 0 Å². The molecule has 0 spiro atoms. The molecule has 5 nitrogen and oxygen atoms in total. The first-order valence-corrected chi connectivity index (χ1v) is 6.01. The molecule has 1 aromatic rings. The third-order valence-corrected chi connectivity index (χ3v) is 2.61. The third kappa shape index (κ3) is 4.73. The molecule has 0 aliphatic rings. The van der Waals surface area contributed by atoms with E-state index in [9.17, 15) is 4.79 Å². The minimum Gasteiger partial charge on any atom is -0.484 e. The molecule has 0 aliphatic carbocycles. The first-order valence-electron chi connectivity index (χ1n) is 6.01. The SMILES string of the molecule is CC[C@@H](CO)NC(=O)COc1ccc(CN)cc1. The fraction of sp³-hybridized carbons (Fsp3) is 0.462. The van der Waals surface area contributed by atoms with Crippen LogP contribution in [0.15, 0.2) is 24.3 Å². The van der Waals surface area contributed by atoms with Crippen LogP contribution in [0.5, 0.6) is 5.75 Å². The third-order valence-electron chi connectivity index (χ3n) is 2.61. The monoisotopic (exact) mass is 252 g/mol. The van der Waals surface area contributed by atoms with Gasteiger partial charge in [-0.15, -0.1) is 0 Å². The van der Waals surface area contributed by atoms with Crippen LogP contribution in [0.2, 0.25) is 0 Å². The van der Waals surface area contributed by atoms with Gasteiger partial charge in [-0.1, -0.05) is 19.1 Å². The predicted molar refractivity (Wildman–Crippen MR) is 69.1 cm³/mol. The number of amides is 1. The van der Waals surface area contributed by atoms with Crippen LogP contribution in [-0.2, 0) is 11.3 Å². The molecule has 1 rings (SSSR count). The topological polar surface area (TPSA) is 84.6 Å². The molecule has 0 saturated carbocycles. The molecule has 0 unspecified atom stereocenters. The quantitative estimate of drug-likeness (QED) is 0.656. The largest absolute Gasteiger partial charge is 0.484 e. The molecule has 0 aromatic heterocycles. The highest BCUT2D eigenvalue weighted by molar-refractivity contribution is 5.77. The van der Waals surface area contributed by atoms with Crippen LogP contribution in [0, 0.1) is 0 Å². The molecule has 0 aliphatic heterocycles. The van der Waals surface area contributed by atoms with E-state index in [1.807, 2.05) is 19.1 Å². The lowest BCUT2D eigenvalue weighted by atomic mass is 10.2. The van der Waals surface area contributed by atoms with Crippen molar-refractivity contribution in [3.05, 3.63) is 29.8 Å². The molecule has 0 radical (unpaired) electrons. The number of nitrogens with two attached hydrogens (primary N) is 1. The Hall–Kier alpha value is -1.59. The Morgan fingerprint density at radius 2 is 2.11 bits per heavy atom. The summed E-state index contributed by atoms with van der Waals surface area (Å²) in [6.07, 6.45) is 0.688. The molecule has 4 N–H and O–H groups in total. The van der Waals surface area contributed by atoms with Crippen LogP contribution in [0.25, 0.3) is 0 Å². The number of rotatable bonds is 7. The van der Waals surface area contributed by atoms with E-state index in [0.717, 1.165) is 5.56 Å². The minimum atomic E-state index is -0.237. The van der Waals surface area contributed by atoms with E-state index in [4.69, 9.17) is 15.6 Å². The highest BCUT2D eigenvalue weighted by Gasteiger charge is 2.09. The van der Waals surface area contributed by atoms with Gasteiger partial charge in [-0.05, 0) is 24.1 Å². The van der Waals surface area contributed by atoms with E-state index in [2.05, 4.69) is 5.32 Å². The normalized spacial score (nSPS) is 11.9. The predicted octanol–water partition coefficient (Wildman–Crippen LogP) is 0.411. The number of nitrogens with one attached hydrogen (secondary N) is 1. The summed E-state index contributed by atoms with van der Waals surface area (Å²) < 4.78 is 5.32. The van der Waals surface area contributed by atoms with Crippen molar-refractivity contribution in [2.24, 2.45) is 5.73 Å². The first-order chi connectivity index (χ1) is 8.69. The second-order valence-electron chi connectivity index (χ2n) is 3.99. The molecular weight excluding hydrogens is 232 g/mol. The summed E-state index contributed by atoms with van der Waals surface area (Å²) in [5.41, 5.74) is 6.49. The molecular formula is C13H20N2O3. The van der Waals surface area contributed by atoms with Gasteiger partial charge in [-0.25, -0.2) is 0 Å². The van der Waals surface area contributed by atoms with E-state index in [1.54, 1.807) is 12.1 Å². The molecule has 1 atom stereocenters. The highest BCUT2D eigenvalue weighted by atomic mass is 16.5. The number of hydrogen-bond donors (Lipinski definition) is 3. The van der Waals surface area contributed by atoms with Crippen molar-refractivity contribution in [3.8, 4) is 5.75 Å². The smallest absolute Gasteiger partial charge is 0.258 e. The van der Waals surface area contributed by atoms with Gasteiger partial charge in [0.2, 0.25) is 0 Å². The van der Waals surface area contributed by atoms with Gasteiger partial charge in [0.25, 0.3) is 5.91 Å². The van der Waals surface area contributed by atoms with Crippen LogP contribution < -0.4 is 15.8 Å². The van der Waals surface area contributed by atoms with Gasteiger partial charge in [-0.2, -0.15) is 0 Å². The second kappa shape index (κ2) is 7.68. The lowest BCUT2D eigenvalue weighted by Crippen LogP contribution is -2.39. The van der Waals surface area contributed by atoms with E-state index < -0.39 is 0 Å². The van der Waals surface area contributed by atoms with E-state index in [-0.39, 0.29) is 25.2 Å². The highest BCUT2D eigenvalue weighted by Crippen LogP contribution is 2.11. The van der Waals surface area contributed by atoms with E-state index >= 15 is 0 Å². The molecule has 100 valence electrons. The van der Waals surface area contributed by atoms with Crippen molar-refractivity contribution in [3.63, 3.8) is 0 Å². The standard InChI is InChI=1S/C13H20N2O3/c1-2-11(8-16)15-13(17)9-18-12-5-3-10(7-14)4-6-12/h3-6,11,16H,2,7-9,14H2,1H3,(H,15,17)/t11-/m0/s1. The number of hydrogen-bond acceptors (Lipinski definition) is 4. The zero-order valence-corrected chi connectivity index (χ0v) is 10.6. The maximum atomic E-state index is 11.5. The van der Waals surface area contributed by atoms with Crippen molar-refractivity contribution in [1.82, 2.24) is 5.32 Å². The Morgan fingerprint density at radius 3 is 2.61 bits per heavy atom. The lowest BCUT2D eigenvalue weighted by Gasteiger charge is -2.14. The fourth-order valence-electron chi connectivity index (χ4n) is 1.42. The van der Waals surface area contributed by atoms with Crippen molar-refractivity contribution in [2.75, 3.05) is 13.2 Å². The zero-order chi connectivity index (χ0) is 13.4. The molecule has 1 amide bonds. The Balaban J connectivity index is 2.37. The molecule has 0 heterocycles. The first kappa shape index (κ1) is 14.5. The van der Waals surface area contributed by atoms with Crippen molar-refractivity contribution < 1.29 is 14.6 Å². The summed E-state index contributed by atoms with van der Waals surface area (Å²) in [7, 11) is 0. The average Bonchev–Trinajstić information content (AvgIpc) is 2.43. The second-order valence-corrected chi connectivity index (χ2v) is 3.99. The van der Waals surface area contributed by atoms with Gasteiger partial charge in [0, 0.05) is 6.54 Å². The summed E-state index contributed by atoms with van der Waals surface area (Å²) in [4.78, 5) is 11.5. The molecule has 1 aromatic carbocycles. The van der Waals surface area contributed by atoms with Crippen molar-refractivity contribution in [2.45, 2.75) is 25.9 Å². The Kier molecular flexibility index (Phi) is 6.18. The summed E-state index contributed by atoms with van der Waals surface area (Å²) in [6, 6.07) is 7.06. The summed E-state index contributed by atoms with van der Waals surface area (Å²) in [6.45, 7) is 2.26. The van der Waals surface area contributed by atoms with Crippen molar-refractivity contribution in [1.29, 1.82) is 0 Å². The number of carbonyl (C=O) groups excluding carboxylic acids is 1. The Labute approximate surface area is 107 Å². The molecule has 0 saturated heterocycles. The summed E-state index contributed by atoms with van der Waals surface area (Å²) in [5.74, 6) is 0.387. The van der Waals surface area contributed by atoms with E-state index in [0.29, 0.717) is 18.7 Å². The van der Waals surface area contributed by atoms with Crippen LogP contribution in [-0.4, -0.2) is 30.3 Å². The molecule has 5 heteroatoms. The van der Waals surface area contributed by atoms with Gasteiger partial charge in [0.1, 0.15) is 5.75 Å². The summed E-state index contributed by atoms with van der Waals surface area (Å²) in [5, 5.41) is 11.6. The maximum absolute atomic E-state index is 11.5. The maximum Gasteiger partial charge on any atom is 0.258 e. The number of carbonyl (C=O) groups is 1. The lowest BCUT2D eigenvalue weighted by molar-refractivity contribution is -0.124. The van der Waals surface area contributed by atoms with Crippen LogP contribution in [0.1, 0.15) is 18.9 Å². The van der Waals surface area contributed by atoms with Gasteiger partial charge < -0.3 is 20.9 Å². The Morgan fingerprint density at radius 1 is 1.44 bits per heavy atom. The molecule has 0 fully saturated rings. The number of ether oxygens (including phenoxy) is 1.